The molecule has 0 aromatic rings. The molecule has 1 saturated carbocycles. The second-order valence-corrected chi connectivity index (χ2v) is 6.65. The van der Waals surface area contributed by atoms with E-state index in [0.29, 0.717) is 26.4 Å². The molecule has 0 heterocycles. The number of rotatable bonds is 10. The molecule has 126 valence electrons. The molecule has 1 fully saturated rings. The Labute approximate surface area is 129 Å². The number of hydrogen-bond acceptors (Lipinski definition) is 5. The SMILES string of the molecule is CC1CCC(CO)(NCC(O)COCCOC(C)C)CC1. The number of aliphatic hydroxyl groups is 2. The maximum absolute atomic E-state index is 9.94. The first kappa shape index (κ1) is 18.8. The van der Waals surface area contributed by atoms with Crippen LogP contribution >= 0.6 is 0 Å². The fourth-order valence-electron chi connectivity index (χ4n) is 2.66. The summed E-state index contributed by atoms with van der Waals surface area (Å²) >= 11 is 0. The zero-order chi connectivity index (χ0) is 15.7. The van der Waals surface area contributed by atoms with Gasteiger partial charge in [-0.25, -0.2) is 0 Å². The van der Waals surface area contributed by atoms with E-state index in [-0.39, 0.29) is 18.2 Å². The molecule has 0 bridgehead atoms. The van der Waals surface area contributed by atoms with Gasteiger partial charge in [0.05, 0.1) is 38.6 Å². The normalized spacial score (nSPS) is 28.0. The number of ether oxygens (including phenoxy) is 2. The summed E-state index contributed by atoms with van der Waals surface area (Å²) < 4.78 is 10.8. The molecule has 5 heteroatoms. The Bertz CT molecular complexity index is 265. The zero-order valence-electron chi connectivity index (χ0n) is 13.8. The molecular formula is C16H33NO4. The van der Waals surface area contributed by atoms with Gasteiger partial charge >= 0.3 is 0 Å². The summed E-state index contributed by atoms with van der Waals surface area (Å²) in [5, 5.41) is 22.9. The Hall–Kier alpha value is -0.200. The van der Waals surface area contributed by atoms with E-state index >= 15 is 0 Å². The van der Waals surface area contributed by atoms with Gasteiger partial charge in [-0.2, -0.15) is 0 Å². The quantitative estimate of drug-likeness (QED) is 0.531. The van der Waals surface area contributed by atoms with Crippen molar-refractivity contribution in [1.82, 2.24) is 5.32 Å². The van der Waals surface area contributed by atoms with Crippen molar-refractivity contribution in [2.24, 2.45) is 5.92 Å². The predicted molar refractivity (Wildman–Crippen MR) is 83.4 cm³/mol. The molecule has 0 aromatic heterocycles. The highest BCUT2D eigenvalue weighted by Gasteiger charge is 2.33. The van der Waals surface area contributed by atoms with Crippen molar-refractivity contribution in [3.63, 3.8) is 0 Å². The number of aliphatic hydroxyl groups excluding tert-OH is 2. The third-order valence-electron chi connectivity index (χ3n) is 4.24. The van der Waals surface area contributed by atoms with Crippen LogP contribution < -0.4 is 5.32 Å². The lowest BCUT2D eigenvalue weighted by atomic mass is 9.77. The minimum absolute atomic E-state index is 0.134. The Morgan fingerprint density at radius 1 is 1.24 bits per heavy atom. The maximum atomic E-state index is 9.94. The highest BCUT2D eigenvalue weighted by molar-refractivity contribution is 4.92. The van der Waals surface area contributed by atoms with Crippen LogP contribution in [0.5, 0.6) is 0 Å². The lowest BCUT2D eigenvalue weighted by Gasteiger charge is -2.39. The van der Waals surface area contributed by atoms with Gasteiger partial charge in [-0.15, -0.1) is 0 Å². The highest BCUT2D eigenvalue weighted by Crippen LogP contribution is 2.31. The van der Waals surface area contributed by atoms with E-state index in [0.717, 1.165) is 31.6 Å². The minimum atomic E-state index is -0.549. The second kappa shape index (κ2) is 9.74. The van der Waals surface area contributed by atoms with Gasteiger partial charge in [0, 0.05) is 12.1 Å². The summed E-state index contributed by atoms with van der Waals surface area (Å²) in [6, 6.07) is 0. The lowest BCUT2D eigenvalue weighted by Crippen LogP contribution is -2.53. The Balaban J connectivity index is 2.14. The van der Waals surface area contributed by atoms with Crippen LogP contribution in [0.2, 0.25) is 0 Å². The van der Waals surface area contributed by atoms with Gasteiger partial charge in [0.1, 0.15) is 0 Å². The summed E-state index contributed by atoms with van der Waals surface area (Å²) in [6.45, 7) is 8.16. The molecule has 0 spiro atoms. The van der Waals surface area contributed by atoms with Crippen LogP contribution in [0.15, 0.2) is 0 Å². The predicted octanol–water partition coefficient (Wildman–Crippen LogP) is 1.32. The average Bonchev–Trinajstić information content (AvgIpc) is 2.46. The molecule has 0 amide bonds. The van der Waals surface area contributed by atoms with Gasteiger partial charge in [0.2, 0.25) is 0 Å². The molecule has 0 saturated heterocycles. The fraction of sp³-hybridized carbons (Fsp3) is 1.00. The fourth-order valence-corrected chi connectivity index (χ4v) is 2.66. The largest absolute Gasteiger partial charge is 0.394 e. The van der Waals surface area contributed by atoms with E-state index in [1.54, 1.807) is 0 Å². The number of nitrogens with one attached hydrogen (secondary N) is 1. The first-order valence-electron chi connectivity index (χ1n) is 8.21. The molecule has 0 aliphatic heterocycles. The average molecular weight is 303 g/mol. The van der Waals surface area contributed by atoms with Crippen LogP contribution in [0.3, 0.4) is 0 Å². The van der Waals surface area contributed by atoms with Crippen molar-refractivity contribution in [3.8, 4) is 0 Å². The van der Waals surface area contributed by atoms with Crippen LogP contribution in [-0.2, 0) is 9.47 Å². The zero-order valence-corrected chi connectivity index (χ0v) is 13.8. The van der Waals surface area contributed by atoms with Crippen LogP contribution in [0.4, 0.5) is 0 Å². The maximum Gasteiger partial charge on any atom is 0.0897 e. The molecule has 21 heavy (non-hydrogen) atoms. The van der Waals surface area contributed by atoms with Gasteiger partial charge in [0.25, 0.3) is 0 Å². The molecule has 0 radical (unpaired) electrons. The van der Waals surface area contributed by atoms with Crippen molar-refractivity contribution in [2.45, 2.75) is 64.2 Å². The van der Waals surface area contributed by atoms with Crippen LogP contribution in [0.1, 0.15) is 46.5 Å². The Morgan fingerprint density at radius 3 is 2.48 bits per heavy atom. The first-order chi connectivity index (χ1) is 9.97. The summed E-state index contributed by atoms with van der Waals surface area (Å²) in [5.74, 6) is 0.737. The Morgan fingerprint density at radius 2 is 1.90 bits per heavy atom. The van der Waals surface area contributed by atoms with E-state index in [2.05, 4.69) is 12.2 Å². The van der Waals surface area contributed by atoms with E-state index in [9.17, 15) is 10.2 Å². The monoisotopic (exact) mass is 303 g/mol. The molecular weight excluding hydrogens is 270 g/mol. The van der Waals surface area contributed by atoms with E-state index in [4.69, 9.17) is 9.47 Å². The summed E-state index contributed by atoms with van der Waals surface area (Å²) in [6.07, 6.45) is 3.87. The van der Waals surface area contributed by atoms with Crippen molar-refractivity contribution in [1.29, 1.82) is 0 Å². The van der Waals surface area contributed by atoms with Gasteiger partial charge in [-0.05, 0) is 45.4 Å². The van der Waals surface area contributed by atoms with E-state index < -0.39 is 6.10 Å². The molecule has 0 aromatic carbocycles. The third kappa shape index (κ3) is 7.56. The summed E-state index contributed by atoms with van der Waals surface area (Å²) in [5.41, 5.74) is -0.214. The van der Waals surface area contributed by atoms with Crippen molar-refractivity contribution >= 4 is 0 Å². The number of hydrogen-bond donors (Lipinski definition) is 3. The minimum Gasteiger partial charge on any atom is -0.394 e. The van der Waals surface area contributed by atoms with Gasteiger partial charge in [-0.3, -0.25) is 0 Å². The van der Waals surface area contributed by atoms with Crippen LogP contribution in [0.25, 0.3) is 0 Å². The summed E-state index contributed by atoms with van der Waals surface area (Å²) in [7, 11) is 0. The second-order valence-electron chi connectivity index (χ2n) is 6.65. The third-order valence-corrected chi connectivity index (χ3v) is 4.24. The highest BCUT2D eigenvalue weighted by atomic mass is 16.5. The van der Waals surface area contributed by atoms with Gasteiger partial charge in [0.15, 0.2) is 0 Å². The smallest absolute Gasteiger partial charge is 0.0897 e. The molecule has 3 N–H and O–H groups in total. The number of β-amino-alcohol motifs (C(OH)–C–C–N with tert-alkyl or cyclic N) is 1. The summed E-state index contributed by atoms with van der Waals surface area (Å²) in [4.78, 5) is 0. The topological polar surface area (TPSA) is 71.0 Å². The lowest BCUT2D eigenvalue weighted by molar-refractivity contribution is -0.0140. The van der Waals surface area contributed by atoms with E-state index in [1.807, 2.05) is 13.8 Å². The van der Waals surface area contributed by atoms with Gasteiger partial charge < -0.3 is 25.0 Å². The van der Waals surface area contributed by atoms with Crippen molar-refractivity contribution < 1.29 is 19.7 Å². The molecule has 1 unspecified atom stereocenters. The first-order valence-corrected chi connectivity index (χ1v) is 8.21. The van der Waals surface area contributed by atoms with Crippen LogP contribution in [-0.4, -0.2) is 60.9 Å². The van der Waals surface area contributed by atoms with E-state index in [1.165, 1.54) is 0 Å². The molecule has 5 nitrogen and oxygen atoms in total. The van der Waals surface area contributed by atoms with Gasteiger partial charge in [-0.1, -0.05) is 6.92 Å². The molecule has 1 atom stereocenters. The van der Waals surface area contributed by atoms with Crippen molar-refractivity contribution in [2.75, 3.05) is 33.0 Å². The molecule has 1 aliphatic rings. The Kier molecular flexibility index (Phi) is 8.74. The molecule has 1 rings (SSSR count). The molecule has 1 aliphatic carbocycles. The van der Waals surface area contributed by atoms with Crippen molar-refractivity contribution in [3.05, 3.63) is 0 Å². The van der Waals surface area contributed by atoms with Crippen LogP contribution in [0, 0.1) is 5.92 Å². The standard InChI is InChI=1S/C16H33NO4/c1-13(2)21-9-8-20-11-15(19)10-17-16(12-18)6-4-14(3)5-7-16/h13-15,17-19H,4-12H2,1-3H3.